The van der Waals surface area contributed by atoms with Crippen molar-refractivity contribution in [2.45, 2.75) is 19.9 Å². The van der Waals surface area contributed by atoms with Gasteiger partial charge in [0.25, 0.3) is 0 Å². The molecule has 1 N–H and O–H groups in total. The van der Waals surface area contributed by atoms with E-state index in [0.29, 0.717) is 12.6 Å². The highest BCUT2D eigenvalue weighted by molar-refractivity contribution is 5.66. The zero-order valence-corrected chi connectivity index (χ0v) is 16.9. The van der Waals surface area contributed by atoms with E-state index in [2.05, 4.69) is 58.7 Å². The van der Waals surface area contributed by atoms with Gasteiger partial charge in [-0.25, -0.2) is 9.97 Å². The zero-order chi connectivity index (χ0) is 20.1. The largest absolute Gasteiger partial charge is 0.493 e. The second kappa shape index (κ2) is 8.88. The zero-order valence-electron chi connectivity index (χ0n) is 16.9. The highest BCUT2D eigenvalue weighted by Gasteiger charge is 2.09. The van der Waals surface area contributed by atoms with Gasteiger partial charge in [-0.1, -0.05) is 36.4 Å². The molecule has 0 fully saturated rings. The molecule has 1 aliphatic rings. The van der Waals surface area contributed by atoms with Gasteiger partial charge in [0, 0.05) is 30.5 Å². The van der Waals surface area contributed by atoms with Crippen LogP contribution in [0.15, 0.2) is 66.9 Å². The average molecular weight is 386 g/mol. The van der Waals surface area contributed by atoms with E-state index >= 15 is 0 Å². The van der Waals surface area contributed by atoms with E-state index in [4.69, 9.17) is 9.72 Å². The van der Waals surface area contributed by atoms with Crippen molar-refractivity contribution in [2.24, 2.45) is 0 Å². The topological polar surface area (TPSA) is 50.3 Å². The third kappa shape index (κ3) is 5.00. The molecular weight excluding hydrogens is 360 g/mol. The van der Waals surface area contributed by atoms with E-state index in [0.717, 1.165) is 47.8 Å². The van der Waals surface area contributed by atoms with Crippen LogP contribution in [0.25, 0.3) is 11.3 Å². The second-order valence-electron chi connectivity index (χ2n) is 7.38. The predicted octanol–water partition coefficient (Wildman–Crippen LogP) is 4.97. The summed E-state index contributed by atoms with van der Waals surface area (Å²) in [5, 5.41) is 3.35. The smallest absolute Gasteiger partial charge is 0.227 e. The van der Waals surface area contributed by atoms with Gasteiger partial charge in [0.2, 0.25) is 5.95 Å². The molecule has 4 rings (SSSR count). The van der Waals surface area contributed by atoms with Crippen molar-refractivity contribution in [1.82, 2.24) is 14.9 Å². The first-order chi connectivity index (χ1) is 14.2. The molecule has 1 aliphatic heterocycles. The molecule has 0 unspecified atom stereocenters. The highest BCUT2D eigenvalue weighted by atomic mass is 16.5. The lowest BCUT2D eigenvalue weighted by Crippen LogP contribution is -2.17. The number of benzene rings is 2. The fourth-order valence-corrected chi connectivity index (χ4v) is 3.40. The second-order valence-corrected chi connectivity index (χ2v) is 7.38. The number of nitrogens with zero attached hydrogens (tertiary/aromatic N) is 3. The molecule has 0 atom stereocenters. The number of aryl methyl sites for hydroxylation is 1. The van der Waals surface area contributed by atoms with Gasteiger partial charge >= 0.3 is 0 Å². The predicted molar refractivity (Wildman–Crippen MR) is 118 cm³/mol. The average Bonchev–Trinajstić information content (AvgIpc) is 2.72. The van der Waals surface area contributed by atoms with Gasteiger partial charge < -0.3 is 10.1 Å². The van der Waals surface area contributed by atoms with Crippen LogP contribution in [-0.2, 0) is 6.54 Å². The molecule has 3 aromatic rings. The van der Waals surface area contributed by atoms with Gasteiger partial charge in [-0.05, 0) is 55.8 Å². The highest BCUT2D eigenvalue weighted by Crippen LogP contribution is 2.26. The minimum atomic E-state index is 0.589. The maximum absolute atomic E-state index is 5.94. The summed E-state index contributed by atoms with van der Waals surface area (Å²) in [7, 11) is 2.13. The summed E-state index contributed by atoms with van der Waals surface area (Å²) < 4.78 is 5.94. The Morgan fingerprint density at radius 2 is 1.97 bits per heavy atom. The molecule has 0 amide bonds. The Labute approximate surface area is 172 Å². The van der Waals surface area contributed by atoms with Crippen molar-refractivity contribution in [1.29, 1.82) is 0 Å². The van der Waals surface area contributed by atoms with E-state index in [-0.39, 0.29) is 0 Å². The van der Waals surface area contributed by atoms with Crippen LogP contribution in [0.1, 0.15) is 17.5 Å². The lowest BCUT2D eigenvalue weighted by atomic mass is 10.1. The molecule has 1 aromatic heterocycles. The molecule has 6 bridgehead atoms. The van der Waals surface area contributed by atoms with E-state index in [1.165, 1.54) is 5.56 Å². The molecule has 0 saturated carbocycles. The van der Waals surface area contributed by atoms with Crippen molar-refractivity contribution in [3.8, 4) is 17.0 Å². The van der Waals surface area contributed by atoms with Crippen molar-refractivity contribution in [2.75, 3.05) is 25.5 Å². The van der Waals surface area contributed by atoms with Crippen LogP contribution in [0.3, 0.4) is 0 Å². The molecule has 5 heteroatoms. The van der Waals surface area contributed by atoms with E-state index in [1.54, 1.807) is 0 Å². The monoisotopic (exact) mass is 386 g/mol. The Kier molecular flexibility index (Phi) is 5.86. The number of ether oxygens (including phenoxy) is 1. The van der Waals surface area contributed by atoms with Gasteiger partial charge in [0.1, 0.15) is 5.75 Å². The third-order valence-corrected chi connectivity index (χ3v) is 4.85. The van der Waals surface area contributed by atoms with Crippen LogP contribution in [0.2, 0.25) is 0 Å². The Morgan fingerprint density at radius 1 is 1.07 bits per heavy atom. The molecule has 29 heavy (non-hydrogen) atoms. The van der Waals surface area contributed by atoms with Crippen molar-refractivity contribution in [3.05, 3.63) is 78.0 Å². The Hall–Kier alpha value is -3.18. The Morgan fingerprint density at radius 3 is 2.90 bits per heavy atom. The van der Waals surface area contributed by atoms with Gasteiger partial charge in [-0.2, -0.15) is 0 Å². The summed E-state index contributed by atoms with van der Waals surface area (Å²) in [4.78, 5) is 11.5. The van der Waals surface area contributed by atoms with Crippen LogP contribution in [-0.4, -0.2) is 35.1 Å². The molecule has 0 spiro atoms. The standard InChI is InChI=1S/C24H26N4O/c1-18-16-25-24-26-21-10-6-8-19(14-21)17-28(2)12-4-3-5-13-29-22-11-7-9-20(15-22)23(18)27-24/h3-4,6-11,14-16H,5,12-13,17H2,1-2H3,(H,25,26,27). The van der Waals surface area contributed by atoms with Crippen LogP contribution in [0.5, 0.6) is 5.75 Å². The minimum Gasteiger partial charge on any atom is -0.493 e. The summed E-state index contributed by atoms with van der Waals surface area (Å²) in [6.07, 6.45) is 7.13. The molecule has 5 nitrogen and oxygen atoms in total. The van der Waals surface area contributed by atoms with Crippen molar-refractivity contribution in [3.63, 3.8) is 0 Å². The maximum Gasteiger partial charge on any atom is 0.227 e. The lowest BCUT2D eigenvalue weighted by molar-refractivity contribution is 0.324. The summed E-state index contributed by atoms with van der Waals surface area (Å²) in [6, 6.07) is 16.5. The van der Waals surface area contributed by atoms with Crippen LogP contribution in [0.4, 0.5) is 11.6 Å². The van der Waals surface area contributed by atoms with Crippen LogP contribution >= 0.6 is 0 Å². The quantitative estimate of drug-likeness (QED) is 0.553. The summed E-state index contributed by atoms with van der Waals surface area (Å²) >= 11 is 0. The molecule has 2 aromatic carbocycles. The number of aromatic nitrogens is 2. The first kappa shape index (κ1) is 19.2. The molecular formula is C24H26N4O. The number of nitrogens with one attached hydrogen (secondary N) is 1. The number of fused-ring (bicyclic) bond motifs is 7. The fourth-order valence-electron chi connectivity index (χ4n) is 3.40. The van der Waals surface area contributed by atoms with Gasteiger partial charge in [-0.3, -0.25) is 4.90 Å². The lowest BCUT2D eigenvalue weighted by Gasteiger charge is -2.16. The van der Waals surface area contributed by atoms with Gasteiger partial charge in [0.15, 0.2) is 0 Å². The molecule has 0 saturated heterocycles. The van der Waals surface area contributed by atoms with E-state index in [9.17, 15) is 0 Å². The molecule has 0 radical (unpaired) electrons. The van der Waals surface area contributed by atoms with Crippen molar-refractivity contribution < 1.29 is 4.74 Å². The first-order valence-electron chi connectivity index (χ1n) is 9.94. The van der Waals surface area contributed by atoms with E-state index < -0.39 is 0 Å². The van der Waals surface area contributed by atoms with E-state index in [1.807, 2.05) is 37.4 Å². The van der Waals surface area contributed by atoms with Gasteiger partial charge in [0.05, 0.1) is 12.3 Å². The van der Waals surface area contributed by atoms with Crippen LogP contribution < -0.4 is 10.1 Å². The van der Waals surface area contributed by atoms with Crippen LogP contribution in [0, 0.1) is 6.92 Å². The Balaban J connectivity index is 1.71. The fraction of sp³-hybridized carbons (Fsp3) is 0.250. The number of anilines is 2. The third-order valence-electron chi connectivity index (χ3n) is 4.85. The molecule has 148 valence electrons. The van der Waals surface area contributed by atoms with Crippen molar-refractivity contribution >= 4 is 11.6 Å². The maximum atomic E-state index is 5.94. The number of likely N-dealkylation sites (N-methyl/N-ethyl adjacent to an activating group) is 1. The number of rotatable bonds is 0. The summed E-state index contributed by atoms with van der Waals surface area (Å²) in [5.41, 5.74) is 5.19. The molecule has 0 aliphatic carbocycles. The molecule has 2 heterocycles. The van der Waals surface area contributed by atoms with Gasteiger partial charge in [-0.15, -0.1) is 0 Å². The summed E-state index contributed by atoms with van der Waals surface area (Å²) in [5.74, 6) is 1.45. The Bertz CT molecular complexity index is 1020. The summed E-state index contributed by atoms with van der Waals surface area (Å²) in [6.45, 7) is 4.46. The first-order valence-corrected chi connectivity index (χ1v) is 9.94. The normalized spacial score (nSPS) is 15.0. The SMILES string of the molecule is Cc1cnc2nc1-c1cccc(c1)OCCC=CCN(C)Cc1cccc(c1)N2. The minimum absolute atomic E-state index is 0.589. The number of hydrogen-bond donors (Lipinski definition) is 1. The number of hydrogen-bond acceptors (Lipinski definition) is 5.